The zero-order valence-corrected chi connectivity index (χ0v) is 9.76. The molecule has 0 bridgehead atoms. The van der Waals surface area contributed by atoms with Crippen molar-refractivity contribution in [2.24, 2.45) is 0 Å². The first-order valence-electron chi connectivity index (χ1n) is 6.30. The van der Waals surface area contributed by atoms with Crippen molar-refractivity contribution in [1.82, 2.24) is 0 Å². The van der Waals surface area contributed by atoms with Gasteiger partial charge in [0.1, 0.15) is 0 Å². The summed E-state index contributed by atoms with van der Waals surface area (Å²) in [6, 6.07) is 0. The van der Waals surface area contributed by atoms with E-state index >= 15 is 0 Å². The van der Waals surface area contributed by atoms with Gasteiger partial charge in [0, 0.05) is 70.7 Å². The number of hydrogen-bond donors (Lipinski definition) is 0. The lowest BCUT2D eigenvalue weighted by atomic mass is 8.57. The largest absolute Gasteiger partial charge is 0.116 e. The second kappa shape index (κ2) is 5.61. The maximum Gasteiger partial charge on any atom is 0.0908 e. The minimum Gasteiger partial charge on any atom is -0.116 e. The summed E-state index contributed by atoms with van der Waals surface area (Å²) in [5.41, 5.74) is 0. The van der Waals surface area contributed by atoms with Gasteiger partial charge >= 0.3 is 0 Å². The van der Waals surface area contributed by atoms with Crippen LogP contribution < -0.4 is 0 Å². The van der Waals surface area contributed by atoms with Crippen LogP contribution in [0.3, 0.4) is 0 Å². The van der Waals surface area contributed by atoms with Crippen molar-refractivity contribution >= 4 is 83.8 Å². The molecule has 2 fully saturated rings. The third-order valence-electron chi connectivity index (χ3n) is 4.66. The summed E-state index contributed by atoms with van der Waals surface area (Å²) in [6.07, 6.45) is 5.46. The van der Waals surface area contributed by atoms with Gasteiger partial charge in [0.2, 0.25) is 0 Å². The molecule has 0 aromatic rings. The van der Waals surface area contributed by atoms with Gasteiger partial charge in [0.05, 0.1) is 13.1 Å². The molecule has 0 amide bonds. The average Bonchev–Trinajstić information content (AvgIpc) is 2.86. The quantitative estimate of drug-likeness (QED) is 0.416. The van der Waals surface area contributed by atoms with E-state index in [4.69, 9.17) is 30.9 Å². The summed E-state index contributed by atoms with van der Waals surface area (Å²) in [6.45, 7) is 1.92. The molecule has 16 heavy (non-hydrogen) atoms. The highest BCUT2D eigenvalue weighted by molar-refractivity contribution is 8.04. The molecule has 60 valence electrons. The summed E-state index contributed by atoms with van der Waals surface area (Å²) < 4.78 is 0. The molecule has 0 saturated carbocycles. The van der Waals surface area contributed by atoms with E-state index in [1.54, 1.807) is 14.1 Å². The van der Waals surface area contributed by atoms with E-state index in [1.807, 2.05) is 0 Å². The maximum atomic E-state index is 6.13. The van der Waals surface area contributed by atoms with E-state index in [9.17, 15) is 0 Å². The Morgan fingerprint density at radius 2 is 1.69 bits per heavy atom. The van der Waals surface area contributed by atoms with E-state index in [1.165, 1.54) is 25.3 Å². The maximum absolute atomic E-state index is 6.13. The predicted octanol–water partition coefficient (Wildman–Crippen LogP) is -2.80. The van der Waals surface area contributed by atoms with Gasteiger partial charge in [-0.05, 0) is 0 Å². The molecular weight excluding hydrogens is 178 g/mol. The number of fused-ring (bicyclic) bond motifs is 1. The highest BCUT2D eigenvalue weighted by atomic mass is 13.9. The van der Waals surface area contributed by atoms with Gasteiger partial charge in [0.25, 0.3) is 0 Å². The lowest BCUT2D eigenvalue weighted by Crippen LogP contribution is -2.64. The first-order valence-corrected chi connectivity index (χ1v) is 6.30. The third-order valence-corrected chi connectivity index (χ3v) is 4.66. The highest BCUT2D eigenvalue weighted by Crippen LogP contribution is 2.32. The van der Waals surface area contributed by atoms with Gasteiger partial charge in [-0.1, -0.05) is 19.1 Å². The summed E-state index contributed by atoms with van der Waals surface area (Å²) >= 11 is 0. The minimum atomic E-state index is -0.0402. The van der Waals surface area contributed by atoms with Crippen molar-refractivity contribution in [1.29, 1.82) is 0 Å². The Morgan fingerprint density at radius 1 is 1.00 bits per heavy atom. The lowest BCUT2D eigenvalue weighted by Gasteiger charge is -2.27. The molecule has 2 rings (SSSR count). The fraction of sp³-hybridized carbons (Fsp3) is 1.00. The van der Waals surface area contributed by atoms with Gasteiger partial charge in [-0.25, -0.2) is 0 Å². The molecule has 2 aliphatic rings. The van der Waals surface area contributed by atoms with Crippen molar-refractivity contribution in [3.63, 3.8) is 0 Å². The van der Waals surface area contributed by atoms with Crippen LogP contribution in [-0.4, -0.2) is 83.8 Å². The van der Waals surface area contributed by atoms with Crippen LogP contribution in [0.25, 0.3) is 0 Å². The first kappa shape index (κ1) is 13.2. The normalized spacial score (nSPS) is 18.8. The van der Waals surface area contributed by atoms with Crippen molar-refractivity contribution < 1.29 is 0 Å². The van der Waals surface area contributed by atoms with Crippen LogP contribution in [-0.2, 0) is 0 Å². The summed E-state index contributed by atoms with van der Waals surface area (Å²) in [7, 11) is 26.6. The highest BCUT2D eigenvalue weighted by Gasteiger charge is 2.52. The minimum absolute atomic E-state index is 0.0379. The molecule has 2 saturated heterocycles. The van der Waals surface area contributed by atoms with Crippen LogP contribution >= 0.6 is 0 Å². The van der Waals surface area contributed by atoms with Crippen molar-refractivity contribution in [3.8, 4) is 0 Å². The Bertz CT molecular complexity index is 233. The second-order valence-corrected chi connectivity index (χ2v) is 5.37. The zero-order chi connectivity index (χ0) is 11.7. The fourth-order valence-electron chi connectivity index (χ4n) is 3.94. The van der Waals surface area contributed by atoms with E-state index in [0.717, 1.165) is 6.60 Å². The molecule has 2 heterocycles. The third kappa shape index (κ3) is 2.32. The van der Waals surface area contributed by atoms with Crippen LogP contribution in [0.15, 0.2) is 0 Å². The molecule has 10 radical (unpaired) electrons. The van der Waals surface area contributed by atoms with Crippen LogP contribution in [0.2, 0.25) is 18.9 Å². The zero-order valence-electron chi connectivity index (χ0n) is 9.76. The van der Waals surface area contributed by atoms with Gasteiger partial charge < -0.3 is 0 Å². The molecule has 2 aliphatic heterocycles. The van der Waals surface area contributed by atoms with E-state index in [0.29, 0.717) is 19.4 Å². The van der Waals surface area contributed by atoms with Gasteiger partial charge in [-0.15, -0.1) is 6.22 Å². The smallest absolute Gasteiger partial charge is 0.0908 e. The summed E-state index contributed by atoms with van der Waals surface area (Å²) in [5.74, 6) is 0. The topological polar surface area (TPSA) is 0 Å². The van der Waals surface area contributed by atoms with Crippen LogP contribution in [0.5, 0.6) is 0 Å². The van der Waals surface area contributed by atoms with E-state index < -0.39 is 0 Å². The Balaban J connectivity index is 2.12. The Kier molecular flexibility index (Phi) is 4.64. The summed E-state index contributed by atoms with van der Waals surface area (Å²) in [5, 5.41) is 0. The fourth-order valence-corrected chi connectivity index (χ4v) is 3.94. The van der Waals surface area contributed by atoms with E-state index in [2.05, 4.69) is 0 Å². The molecule has 0 spiro atoms. The number of rotatable bonds is 4. The van der Waals surface area contributed by atoms with Crippen molar-refractivity contribution in [3.05, 3.63) is 0 Å². The molecule has 12 heteroatoms. The number of hydrogen-bond acceptors (Lipinski definition) is 0. The molecule has 0 atom stereocenters. The monoisotopic (exact) mass is 188 g/mol. The van der Waals surface area contributed by atoms with Crippen LogP contribution in [0.1, 0.15) is 6.42 Å². The molecular formula is C4H8B12. The molecule has 0 unspecified atom stereocenters. The standard InChI is InChI=1S/C4H8B12/c5-9-14(7)13-4-11-2-1-3-12(11)16(13)15(8)10-6/h1-4H2. The van der Waals surface area contributed by atoms with Crippen molar-refractivity contribution in [2.45, 2.75) is 25.3 Å². The van der Waals surface area contributed by atoms with Gasteiger partial charge in [-0.3, -0.25) is 0 Å². The Hall–Kier alpha value is 0.779. The van der Waals surface area contributed by atoms with Crippen molar-refractivity contribution in [2.75, 3.05) is 0 Å². The summed E-state index contributed by atoms with van der Waals surface area (Å²) in [4.78, 5) is 0. The molecule has 0 nitrogen and oxygen atoms in total. The van der Waals surface area contributed by atoms with Gasteiger partial charge in [0.15, 0.2) is 0 Å². The Labute approximate surface area is 109 Å². The predicted molar refractivity (Wildman–Crippen MR) is 88.1 cm³/mol. The molecule has 0 aromatic heterocycles. The lowest BCUT2D eigenvalue weighted by molar-refractivity contribution is 1.09. The first-order chi connectivity index (χ1) is 7.69. The molecule has 0 aliphatic carbocycles. The van der Waals surface area contributed by atoms with E-state index in [-0.39, 0.29) is 12.8 Å². The van der Waals surface area contributed by atoms with Gasteiger partial charge in [-0.2, -0.15) is 0 Å². The molecule has 0 aromatic carbocycles. The Morgan fingerprint density at radius 3 is 2.31 bits per heavy atom. The SMILES string of the molecule is [B][B]B([B])B1CB2CCCB2B1B([B])[B][B]. The van der Waals surface area contributed by atoms with Crippen LogP contribution in [0, 0.1) is 0 Å². The molecule has 0 N–H and O–H groups in total. The van der Waals surface area contributed by atoms with Crippen LogP contribution in [0.4, 0.5) is 0 Å². The second-order valence-electron chi connectivity index (χ2n) is 5.37. The average molecular weight is 186 g/mol.